The molecule has 0 saturated heterocycles. The lowest BCUT2D eigenvalue weighted by Crippen LogP contribution is -2.32. The summed E-state index contributed by atoms with van der Waals surface area (Å²) in [6.07, 6.45) is -3.70. The Balaban J connectivity index is 2.44. The van der Waals surface area contributed by atoms with Crippen LogP contribution in [0.5, 0.6) is 5.75 Å². The van der Waals surface area contributed by atoms with Crippen molar-refractivity contribution in [2.45, 2.75) is 19.5 Å². The topological polar surface area (TPSA) is 21.3 Å². The van der Waals surface area contributed by atoms with E-state index in [1.807, 2.05) is 6.92 Å². The summed E-state index contributed by atoms with van der Waals surface area (Å²) in [5.41, 5.74) is 0.736. The zero-order valence-electron chi connectivity index (χ0n) is 10.9. The lowest BCUT2D eigenvalue weighted by molar-refractivity contribution is -0.125. The number of hydrogen-bond donors (Lipinski definition) is 1. The molecule has 0 amide bonds. The molecule has 19 heavy (non-hydrogen) atoms. The van der Waals surface area contributed by atoms with Crippen LogP contribution >= 0.6 is 0 Å². The summed E-state index contributed by atoms with van der Waals surface area (Å²) in [6.45, 7) is 1.03. The predicted molar refractivity (Wildman–Crippen MR) is 64.7 cm³/mol. The maximum Gasteiger partial charge on any atom is 0.401 e. The van der Waals surface area contributed by atoms with Crippen LogP contribution in [0.1, 0.15) is 12.5 Å². The summed E-state index contributed by atoms with van der Waals surface area (Å²) in [7, 11) is 1.38. The molecular formula is C13H17F4NO. The first-order chi connectivity index (χ1) is 8.81. The molecular weight excluding hydrogens is 262 g/mol. The van der Waals surface area contributed by atoms with E-state index in [4.69, 9.17) is 4.74 Å². The standard InChI is InChI=1S/C13H17F4NO/c1-9(7-18-8-13(15,16)17)5-10-3-4-12(19-2)11(14)6-10/h3-4,6,9,18H,5,7-8H2,1-2H3. The van der Waals surface area contributed by atoms with Crippen molar-refractivity contribution >= 4 is 0 Å². The second-order valence-electron chi connectivity index (χ2n) is 4.52. The Labute approximate surface area is 109 Å². The minimum Gasteiger partial charge on any atom is -0.494 e. The number of methoxy groups -OCH3 is 1. The minimum atomic E-state index is -4.20. The van der Waals surface area contributed by atoms with Crippen LogP contribution in [0.2, 0.25) is 0 Å². The van der Waals surface area contributed by atoms with Gasteiger partial charge in [0, 0.05) is 0 Å². The summed E-state index contributed by atoms with van der Waals surface area (Å²) >= 11 is 0. The van der Waals surface area contributed by atoms with Gasteiger partial charge in [0.2, 0.25) is 0 Å². The van der Waals surface area contributed by atoms with Gasteiger partial charge in [0.05, 0.1) is 13.7 Å². The van der Waals surface area contributed by atoms with E-state index < -0.39 is 18.5 Å². The molecule has 1 unspecified atom stereocenters. The van der Waals surface area contributed by atoms with Crippen LogP contribution in [-0.4, -0.2) is 26.4 Å². The van der Waals surface area contributed by atoms with Crippen LogP contribution in [0.3, 0.4) is 0 Å². The first-order valence-corrected chi connectivity index (χ1v) is 5.91. The van der Waals surface area contributed by atoms with Gasteiger partial charge in [-0.15, -0.1) is 0 Å². The SMILES string of the molecule is COc1ccc(CC(C)CNCC(F)(F)F)cc1F. The number of rotatable bonds is 6. The maximum absolute atomic E-state index is 13.4. The van der Waals surface area contributed by atoms with Crippen LogP contribution in [0.15, 0.2) is 18.2 Å². The average molecular weight is 279 g/mol. The Morgan fingerprint density at radius 1 is 1.32 bits per heavy atom. The van der Waals surface area contributed by atoms with Gasteiger partial charge in [0.1, 0.15) is 0 Å². The highest BCUT2D eigenvalue weighted by Crippen LogP contribution is 2.19. The van der Waals surface area contributed by atoms with Gasteiger partial charge in [-0.3, -0.25) is 0 Å². The number of nitrogens with one attached hydrogen (secondary N) is 1. The van der Waals surface area contributed by atoms with Crippen molar-refractivity contribution in [3.05, 3.63) is 29.6 Å². The molecule has 0 aromatic heterocycles. The highest BCUT2D eigenvalue weighted by Gasteiger charge is 2.26. The Morgan fingerprint density at radius 2 is 2.00 bits per heavy atom. The summed E-state index contributed by atoms with van der Waals surface area (Å²) in [5, 5.41) is 2.34. The maximum atomic E-state index is 13.4. The number of benzene rings is 1. The molecule has 6 heteroatoms. The molecule has 1 aromatic carbocycles. The quantitative estimate of drug-likeness (QED) is 0.808. The largest absolute Gasteiger partial charge is 0.494 e. The van der Waals surface area contributed by atoms with Crippen LogP contribution in [0.4, 0.5) is 17.6 Å². The second kappa shape index (κ2) is 6.75. The molecule has 2 nitrogen and oxygen atoms in total. The van der Waals surface area contributed by atoms with Gasteiger partial charge in [-0.25, -0.2) is 4.39 Å². The molecule has 0 aliphatic heterocycles. The smallest absolute Gasteiger partial charge is 0.401 e. The first kappa shape index (κ1) is 15.8. The third-order valence-corrected chi connectivity index (χ3v) is 2.62. The fourth-order valence-corrected chi connectivity index (χ4v) is 1.77. The number of ether oxygens (including phenoxy) is 1. The molecule has 0 heterocycles. The molecule has 0 bridgehead atoms. The van der Waals surface area contributed by atoms with E-state index in [-0.39, 0.29) is 18.2 Å². The Hall–Kier alpha value is -1.30. The van der Waals surface area contributed by atoms with Gasteiger partial charge < -0.3 is 10.1 Å². The molecule has 0 aliphatic carbocycles. The van der Waals surface area contributed by atoms with E-state index in [2.05, 4.69) is 5.32 Å². The zero-order valence-corrected chi connectivity index (χ0v) is 10.9. The third kappa shape index (κ3) is 5.92. The van der Waals surface area contributed by atoms with E-state index in [1.54, 1.807) is 6.07 Å². The van der Waals surface area contributed by atoms with Crippen molar-refractivity contribution in [1.29, 1.82) is 0 Å². The first-order valence-electron chi connectivity index (χ1n) is 5.91. The third-order valence-electron chi connectivity index (χ3n) is 2.62. The molecule has 0 saturated carbocycles. The van der Waals surface area contributed by atoms with Gasteiger partial charge in [0.25, 0.3) is 0 Å². The molecule has 1 rings (SSSR count). The van der Waals surface area contributed by atoms with Gasteiger partial charge in [-0.05, 0) is 36.6 Å². The lowest BCUT2D eigenvalue weighted by atomic mass is 10.0. The molecule has 1 atom stereocenters. The van der Waals surface area contributed by atoms with Crippen molar-refractivity contribution in [2.24, 2.45) is 5.92 Å². The molecule has 1 aromatic rings. The van der Waals surface area contributed by atoms with Crippen molar-refractivity contribution < 1.29 is 22.3 Å². The van der Waals surface area contributed by atoms with Gasteiger partial charge in [-0.2, -0.15) is 13.2 Å². The molecule has 0 radical (unpaired) electrons. The lowest BCUT2D eigenvalue weighted by Gasteiger charge is -2.14. The Bertz CT molecular complexity index is 406. The van der Waals surface area contributed by atoms with E-state index in [0.29, 0.717) is 6.42 Å². The average Bonchev–Trinajstić information content (AvgIpc) is 2.27. The van der Waals surface area contributed by atoms with Gasteiger partial charge in [0.15, 0.2) is 11.6 Å². The molecule has 108 valence electrons. The van der Waals surface area contributed by atoms with E-state index in [0.717, 1.165) is 5.56 Å². The van der Waals surface area contributed by atoms with Gasteiger partial charge in [-0.1, -0.05) is 13.0 Å². The van der Waals surface area contributed by atoms with E-state index >= 15 is 0 Å². The van der Waals surface area contributed by atoms with Gasteiger partial charge >= 0.3 is 6.18 Å². The highest BCUT2D eigenvalue weighted by molar-refractivity contribution is 5.29. The molecule has 0 aliphatic rings. The minimum absolute atomic E-state index is 0.0184. The summed E-state index contributed by atoms with van der Waals surface area (Å²) in [5.74, 6) is -0.322. The van der Waals surface area contributed by atoms with Crippen LogP contribution in [0.25, 0.3) is 0 Å². The van der Waals surface area contributed by atoms with Crippen LogP contribution < -0.4 is 10.1 Å². The van der Waals surface area contributed by atoms with E-state index in [9.17, 15) is 17.6 Å². The number of halogens is 4. The molecule has 1 N–H and O–H groups in total. The zero-order chi connectivity index (χ0) is 14.5. The Kier molecular flexibility index (Phi) is 5.60. The predicted octanol–water partition coefficient (Wildman–Crippen LogP) is 3.16. The van der Waals surface area contributed by atoms with Crippen molar-refractivity contribution in [1.82, 2.24) is 5.32 Å². The van der Waals surface area contributed by atoms with Crippen molar-refractivity contribution in [2.75, 3.05) is 20.2 Å². The number of hydrogen-bond acceptors (Lipinski definition) is 2. The second-order valence-corrected chi connectivity index (χ2v) is 4.52. The van der Waals surface area contributed by atoms with Crippen LogP contribution in [-0.2, 0) is 6.42 Å². The normalized spacial score (nSPS) is 13.4. The number of alkyl halides is 3. The van der Waals surface area contributed by atoms with Crippen LogP contribution in [0, 0.1) is 11.7 Å². The van der Waals surface area contributed by atoms with Crippen molar-refractivity contribution in [3.8, 4) is 5.75 Å². The molecule has 0 spiro atoms. The van der Waals surface area contributed by atoms with Crippen molar-refractivity contribution in [3.63, 3.8) is 0 Å². The summed E-state index contributed by atoms with van der Waals surface area (Å²) < 4.78 is 54.0. The highest BCUT2D eigenvalue weighted by atomic mass is 19.4. The van der Waals surface area contributed by atoms with E-state index in [1.165, 1.54) is 19.2 Å². The molecule has 0 fully saturated rings. The summed E-state index contributed by atoms with van der Waals surface area (Å²) in [4.78, 5) is 0. The Morgan fingerprint density at radius 3 is 2.53 bits per heavy atom. The summed E-state index contributed by atoms with van der Waals surface area (Å²) in [6, 6.07) is 4.57. The fraction of sp³-hybridized carbons (Fsp3) is 0.538. The fourth-order valence-electron chi connectivity index (χ4n) is 1.77. The monoisotopic (exact) mass is 279 g/mol.